The largest absolute Gasteiger partial charge is 0.305 e. The molecule has 3 heteroatoms. The Labute approximate surface area is 279 Å². The van der Waals surface area contributed by atoms with Crippen LogP contribution in [0.5, 0.6) is 0 Å². The molecule has 6 aromatic rings. The van der Waals surface area contributed by atoms with E-state index in [-0.39, 0.29) is 5.52 Å². The summed E-state index contributed by atoms with van der Waals surface area (Å²) in [6.45, 7) is 12.4. The average Bonchev–Trinajstić information content (AvgIpc) is 3.06. The summed E-state index contributed by atoms with van der Waals surface area (Å²) in [7, 11) is -3.92. The quantitative estimate of drug-likeness (QED) is 0.157. The van der Waals surface area contributed by atoms with E-state index in [1.165, 1.54) is 22.3 Å². The number of benzene rings is 6. The summed E-state index contributed by atoms with van der Waals surface area (Å²) in [5, 5.41) is 1.11. The molecule has 0 bridgehead atoms. The minimum Gasteiger partial charge on any atom is -0.305 e. The molecule has 0 N–H and O–H groups in total. The highest BCUT2D eigenvalue weighted by atomic mass is 31.2. The summed E-state index contributed by atoms with van der Waals surface area (Å²) in [4.78, 5) is 15.1. The number of aryl methyl sites for hydroxylation is 6. The molecule has 2 nitrogen and oxygen atoms in total. The second-order valence-corrected chi connectivity index (χ2v) is 15.4. The molecular formula is C44H41O2P. The third kappa shape index (κ3) is 6.07. The van der Waals surface area contributed by atoms with E-state index < -0.39 is 7.14 Å². The molecule has 0 aliphatic heterocycles. The van der Waals surface area contributed by atoms with Crippen LogP contribution in [0.4, 0.5) is 0 Å². The van der Waals surface area contributed by atoms with E-state index >= 15 is 9.36 Å². The van der Waals surface area contributed by atoms with Gasteiger partial charge in [0.15, 0.2) is 0 Å². The van der Waals surface area contributed by atoms with Gasteiger partial charge in [-0.15, -0.1) is 0 Å². The zero-order valence-electron chi connectivity index (χ0n) is 28.1. The molecule has 0 spiro atoms. The molecular weight excluding hydrogens is 591 g/mol. The number of carbonyl (C=O) groups excluding carboxylic acids is 1. The minimum atomic E-state index is -3.92. The molecule has 0 aliphatic carbocycles. The first-order valence-electron chi connectivity index (χ1n) is 16.2. The van der Waals surface area contributed by atoms with Gasteiger partial charge in [0, 0.05) is 21.7 Å². The Balaban J connectivity index is 1.73. The molecule has 0 saturated heterocycles. The Bertz CT molecular complexity index is 2100. The van der Waals surface area contributed by atoms with Crippen molar-refractivity contribution in [3.05, 3.63) is 177 Å². The first kappa shape index (κ1) is 32.2. The Kier molecular flexibility index (Phi) is 9.00. The van der Waals surface area contributed by atoms with Gasteiger partial charge in [-0.3, -0.25) is 4.79 Å². The van der Waals surface area contributed by atoms with E-state index in [1.54, 1.807) is 0 Å². The fourth-order valence-electron chi connectivity index (χ4n) is 7.23. The van der Waals surface area contributed by atoms with Gasteiger partial charge in [0.25, 0.3) is 0 Å². The molecule has 0 aromatic heterocycles. The predicted octanol–water partition coefficient (Wildman–Crippen LogP) is 10.6. The highest BCUT2D eigenvalue weighted by Crippen LogP contribution is 2.52. The van der Waals surface area contributed by atoms with Crippen molar-refractivity contribution in [2.45, 2.75) is 48.0 Å². The maximum absolute atomic E-state index is 16.1. The van der Waals surface area contributed by atoms with Crippen molar-refractivity contribution in [1.29, 1.82) is 0 Å². The van der Waals surface area contributed by atoms with E-state index in [1.807, 2.05) is 106 Å². The van der Waals surface area contributed by atoms with E-state index in [9.17, 15) is 0 Å². The van der Waals surface area contributed by atoms with Crippen molar-refractivity contribution in [2.24, 2.45) is 0 Å². The van der Waals surface area contributed by atoms with Gasteiger partial charge < -0.3 is 4.57 Å². The number of hydrogen-bond donors (Lipinski definition) is 0. The van der Waals surface area contributed by atoms with Crippen molar-refractivity contribution in [1.82, 2.24) is 0 Å². The van der Waals surface area contributed by atoms with E-state index in [2.05, 4.69) is 63.2 Å². The second-order valence-electron chi connectivity index (χ2n) is 12.8. The first-order chi connectivity index (χ1) is 22.6. The van der Waals surface area contributed by atoms with Crippen LogP contribution < -0.4 is 10.6 Å². The van der Waals surface area contributed by atoms with Crippen molar-refractivity contribution < 1.29 is 9.36 Å². The average molecular weight is 633 g/mol. The van der Waals surface area contributed by atoms with Crippen molar-refractivity contribution in [2.75, 3.05) is 0 Å². The van der Waals surface area contributed by atoms with Gasteiger partial charge >= 0.3 is 0 Å². The van der Waals surface area contributed by atoms with Gasteiger partial charge in [0.2, 0.25) is 12.7 Å². The molecule has 6 rings (SSSR count). The Morgan fingerprint density at radius 2 is 0.979 bits per heavy atom. The van der Waals surface area contributed by atoms with Gasteiger partial charge in [0.05, 0.1) is 0 Å². The van der Waals surface area contributed by atoms with Crippen LogP contribution >= 0.6 is 7.14 Å². The maximum atomic E-state index is 16.1. The van der Waals surface area contributed by atoms with Crippen molar-refractivity contribution >= 4 is 23.3 Å². The highest BCUT2D eigenvalue weighted by molar-refractivity contribution is 7.93. The highest BCUT2D eigenvalue weighted by Gasteiger charge is 2.41. The number of rotatable bonds is 8. The lowest BCUT2D eigenvalue weighted by Crippen LogP contribution is -2.26. The maximum Gasteiger partial charge on any atom is 0.230 e. The third-order valence-electron chi connectivity index (χ3n) is 9.24. The molecule has 0 fully saturated rings. The summed E-state index contributed by atoms with van der Waals surface area (Å²) in [5.74, 6) is 0. The molecule has 1 unspecified atom stereocenters. The number of hydrogen-bond acceptors (Lipinski definition) is 2. The van der Waals surface area contributed by atoms with E-state index in [0.717, 1.165) is 44.5 Å². The fourth-order valence-corrected chi connectivity index (χ4v) is 10.1. The van der Waals surface area contributed by atoms with Crippen LogP contribution in [-0.4, -0.2) is 5.52 Å². The van der Waals surface area contributed by atoms with Gasteiger partial charge in [-0.2, -0.15) is 0 Å². The fraction of sp³-hybridized carbons (Fsp3) is 0.159. The molecule has 0 amide bonds. The van der Waals surface area contributed by atoms with Gasteiger partial charge in [-0.1, -0.05) is 132 Å². The molecule has 1 atom stereocenters. The SMILES string of the molecule is Cc1cc(C)c(Cc2ccc(P(=O)(C(=O)c3c(C)cc(C)cc3C)c3ccccc3)c(-c3ccccc3)c2-c2ccccc2)c(C)c1. The van der Waals surface area contributed by atoms with Crippen LogP contribution in [-0.2, 0) is 11.0 Å². The smallest absolute Gasteiger partial charge is 0.230 e. The van der Waals surface area contributed by atoms with Crippen molar-refractivity contribution in [3.8, 4) is 22.3 Å². The van der Waals surface area contributed by atoms with E-state index in [0.29, 0.717) is 22.6 Å². The lowest BCUT2D eigenvalue weighted by molar-refractivity contribution is 0.107. The van der Waals surface area contributed by atoms with Crippen molar-refractivity contribution in [3.63, 3.8) is 0 Å². The molecule has 6 aromatic carbocycles. The molecule has 0 radical (unpaired) electrons. The standard InChI is InChI=1S/C44H41O2P/c1-29-24-31(3)39(32(4)25-29)28-37-22-23-40(43(36-18-12-8-13-19-36)42(37)35-16-10-7-11-17-35)47(46,38-20-14-9-15-21-38)44(45)41-33(5)26-30(2)27-34(41)6/h7-27H,28H2,1-6H3. The zero-order valence-corrected chi connectivity index (χ0v) is 29.0. The molecule has 0 saturated carbocycles. The van der Waals surface area contributed by atoms with Crippen LogP contribution in [0, 0.1) is 41.5 Å². The molecule has 0 aliphatic rings. The minimum absolute atomic E-state index is 0.326. The number of carbonyl (C=O) groups is 1. The van der Waals surface area contributed by atoms with Crippen LogP contribution in [0.15, 0.2) is 127 Å². The summed E-state index contributed by atoms with van der Waals surface area (Å²) in [6, 6.07) is 42.5. The normalized spacial score (nSPS) is 12.5. The molecule has 47 heavy (non-hydrogen) atoms. The summed E-state index contributed by atoms with van der Waals surface area (Å²) >= 11 is 0. The zero-order chi connectivity index (χ0) is 33.3. The van der Waals surface area contributed by atoms with Crippen LogP contribution in [0.25, 0.3) is 22.3 Å². The molecule has 0 heterocycles. The van der Waals surface area contributed by atoms with Gasteiger partial charge in [-0.05, 0) is 104 Å². The Morgan fingerprint density at radius 3 is 1.49 bits per heavy atom. The van der Waals surface area contributed by atoms with Crippen LogP contribution in [0.3, 0.4) is 0 Å². The van der Waals surface area contributed by atoms with Gasteiger partial charge in [-0.25, -0.2) is 0 Å². The summed E-state index contributed by atoms with van der Waals surface area (Å²) < 4.78 is 16.1. The topological polar surface area (TPSA) is 34.1 Å². The Morgan fingerprint density at radius 1 is 0.532 bits per heavy atom. The third-order valence-corrected chi connectivity index (χ3v) is 12.1. The van der Waals surface area contributed by atoms with Gasteiger partial charge in [0.1, 0.15) is 0 Å². The predicted molar refractivity (Wildman–Crippen MR) is 199 cm³/mol. The lowest BCUT2D eigenvalue weighted by Gasteiger charge is -2.27. The monoisotopic (exact) mass is 632 g/mol. The van der Waals surface area contributed by atoms with Crippen LogP contribution in [0.2, 0.25) is 0 Å². The second kappa shape index (κ2) is 13.1. The first-order valence-corrected chi connectivity index (χ1v) is 17.9. The van der Waals surface area contributed by atoms with Crippen LogP contribution in [0.1, 0.15) is 54.9 Å². The summed E-state index contributed by atoms with van der Waals surface area (Å²) in [5.41, 5.74) is 13.0. The Hall–Kier alpha value is -4.78. The lowest BCUT2D eigenvalue weighted by atomic mass is 9.86. The van der Waals surface area contributed by atoms with E-state index in [4.69, 9.17) is 0 Å². The molecule has 234 valence electrons. The summed E-state index contributed by atoms with van der Waals surface area (Å²) in [6.07, 6.45) is 0.710.